The fourth-order valence-corrected chi connectivity index (χ4v) is 3.90. The number of H-pyrrole nitrogens is 1. The Labute approximate surface area is 126 Å². The molecule has 0 radical (unpaired) electrons. The molecule has 0 unspecified atom stereocenters. The normalized spacial score (nSPS) is 24.0. The van der Waals surface area contributed by atoms with E-state index in [2.05, 4.69) is 9.88 Å². The summed E-state index contributed by atoms with van der Waals surface area (Å²) in [5.74, 6) is 2.36. The van der Waals surface area contributed by atoms with Crippen LogP contribution in [0.1, 0.15) is 67.9 Å². The molecular formula is C17H25N3O. The highest BCUT2D eigenvalue weighted by atomic mass is 16.1. The van der Waals surface area contributed by atoms with Gasteiger partial charge in [-0.25, -0.2) is 4.98 Å². The molecule has 21 heavy (non-hydrogen) atoms. The highest BCUT2D eigenvalue weighted by Crippen LogP contribution is 2.32. The first-order chi connectivity index (χ1) is 10.3. The summed E-state index contributed by atoms with van der Waals surface area (Å²) in [6, 6.07) is 0. The van der Waals surface area contributed by atoms with Crippen molar-refractivity contribution in [3.8, 4) is 0 Å². The van der Waals surface area contributed by atoms with Crippen LogP contribution in [0.4, 0.5) is 0 Å². The molecule has 1 N–H and O–H groups in total. The second-order valence-electron chi connectivity index (χ2n) is 7.14. The summed E-state index contributed by atoms with van der Waals surface area (Å²) in [6.45, 7) is 3.11. The molecule has 1 aromatic heterocycles. The minimum atomic E-state index is 0.131. The Hall–Kier alpha value is -1.16. The molecule has 2 saturated carbocycles. The largest absolute Gasteiger partial charge is 0.310 e. The lowest BCUT2D eigenvalue weighted by Gasteiger charge is -2.28. The van der Waals surface area contributed by atoms with Crippen LogP contribution < -0.4 is 5.56 Å². The van der Waals surface area contributed by atoms with Crippen molar-refractivity contribution in [2.75, 3.05) is 13.1 Å². The Morgan fingerprint density at radius 3 is 2.71 bits per heavy atom. The van der Waals surface area contributed by atoms with E-state index in [-0.39, 0.29) is 5.56 Å². The fraction of sp³-hybridized carbons (Fsp3) is 0.765. The van der Waals surface area contributed by atoms with Crippen LogP contribution in [0.25, 0.3) is 0 Å². The molecule has 0 aromatic carbocycles. The summed E-state index contributed by atoms with van der Waals surface area (Å²) >= 11 is 0. The maximum atomic E-state index is 12.4. The number of nitrogens with one attached hydrogen (secondary N) is 1. The lowest BCUT2D eigenvalue weighted by Crippen LogP contribution is -2.37. The van der Waals surface area contributed by atoms with Gasteiger partial charge in [-0.2, -0.15) is 0 Å². The quantitative estimate of drug-likeness (QED) is 0.929. The van der Waals surface area contributed by atoms with E-state index in [0.29, 0.717) is 5.92 Å². The van der Waals surface area contributed by atoms with Crippen LogP contribution in [0.15, 0.2) is 4.79 Å². The van der Waals surface area contributed by atoms with Gasteiger partial charge in [0.25, 0.3) is 5.56 Å². The van der Waals surface area contributed by atoms with Crippen molar-refractivity contribution in [1.82, 2.24) is 14.9 Å². The third-order valence-corrected chi connectivity index (χ3v) is 5.38. The van der Waals surface area contributed by atoms with Gasteiger partial charge in [0.1, 0.15) is 5.82 Å². The Bertz CT molecular complexity index is 570. The number of hydrogen-bond acceptors (Lipinski definition) is 3. The van der Waals surface area contributed by atoms with Gasteiger partial charge in [-0.1, -0.05) is 19.3 Å². The molecule has 4 heteroatoms. The Balaban J connectivity index is 1.57. The smallest absolute Gasteiger partial charge is 0.254 e. The van der Waals surface area contributed by atoms with Gasteiger partial charge >= 0.3 is 0 Å². The number of hydrogen-bond donors (Lipinski definition) is 1. The molecule has 4 nitrogen and oxygen atoms in total. The SMILES string of the molecule is O=c1[nH]c(C2CCCCC2)nc2c1CCN(CC1CC1)C2. The van der Waals surface area contributed by atoms with E-state index in [4.69, 9.17) is 4.98 Å². The van der Waals surface area contributed by atoms with Gasteiger partial charge in [-0.05, 0) is 38.0 Å². The summed E-state index contributed by atoms with van der Waals surface area (Å²) in [5, 5.41) is 0. The average molecular weight is 287 g/mol. The van der Waals surface area contributed by atoms with Crippen LogP contribution in [-0.4, -0.2) is 28.0 Å². The van der Waals surface area contributed by atoms with Crippen molar-refractivity contribution in [3.63, 3.8) is 0 Å². The molecule has 1 aromatic rings. The summed E-state index contributed by atoms with van der Waals surface area (Å²) in [6.07, 6.45) is 9.91. The summed E-state index contributed by atoms with van der Waals surface area (Å²) < 4.78 is 0. The molecule has 2 aliphatic carbocycles. The van der Waals surface area contributed by atoms with Crippen LogP contribution in [0.5, 0.6) is 0 Å². The van der Waals surface area contributed by atoms with Gasteiger partial charge in [0, 0.05) is 31.1 Å². The van der Waals surface area contributed by atoms with E-state index < -0.39 is 0 Å². The van der Waals surface area contributed by atoms with Crippen molar-refractivity contribution in [2.45, 2.75) is 63.8 Å². The predicted octanol–water partition coefficient (Wildman–Crippen LogP) is 2.59. The Morgan fingerprint density at radius 1 is 1.14 bits per heavy atom. The van der Waals surface area contributed by atoms with Gasteiger partial charge in [-0.15, -0.1) is 0 Å². The fourth-order valence-electron chi connectivity index (χ4n) is 3.90. The van der Waals surface area contributed by atoms with E-state index in [1.807, 2.05) is 0 Å². The van der Waals surface area contributed by atoms with Gasteiger partial charge in [-0.3, -0.25) is 9.69 Å². The zero-order chi connectivity index (χ0) is 14.2. The number of fused-ring (bicyclic) bond motifs is 1. The van der Waals surface area contributed by atoms with E-state index in [1.165, 1.54) is 51.5 Å². The first-order valence-electron chi connectivity index (χ1n) is 8.64. The van der Waals surface area contributed by atoms with Gasteiger partial charge in [0.05, 0.1) is 5.69 Å². The van der Waals surface area contributed by atoms with Crippen molar-refractivity contribution in [3.05, 3.63) is 27.4 Å². The number of aromatic amines is 1. The third-order valence-electron chi connectivity index (χ3n) is 5.38. The van der Waals surface area contributed by atoms with Crippen molar-refractivity contribution in [1.29, 1.82) is 0 Å². The Kier molecular flexibility index (Phi) is 3.57. The van der Waals surface area contributed by atoms with Gasteiger partial charge in [0.15, 0.2) is 0 Å². The molecule has 0 amide bonds. The predicted molar refractivity (Wildman–Crippen MR) is 82.4 cm³/mol. The zero-order valence-corrected chi connectivity index (χ0v) is 12.7. The van der Waals surface area contributed by atoms with Crippen LogP contribution in [0.3, 0.4) is 0 Å². The van der Waals surface area contributed by atoms with E-state index in [1.54, 1.807) is 0 Å². The first kappa shape index (κ1) is 13.5. The number of nitrogens with zero attached hydrogens (tertiary/aromatic N) is 2. The highest BCUT2D eigenvalue weighted by Gasteiger charge is 2.28. The lowest BCUT2D eigenvalue weighted by molar-refractivity contribution is 0.238. The molecule has 0 bridgehead atoms. The molecular weight excluding hydrogens is 262 g/mol. The van der Waals surface area contributed by atoms with Crippen LogP contribution in [-0.2, 0) is 13.0 Å². The van der Waals surface area contributed by atoms with E-state index in [0.717, 1.165) is 42.5 Å². The summed E-state index contributed by atoms with van der Waals surface area (Å²) in [7, 11) is 0. The molecule has 2 fully saturated rings. The maximum absolute atomic E-state index is 12.4. The van der Waals surface area contributed by atoms with Crippen LogP contribution in [0, 0.1) is 5.92 Å². The summed E-state index contributed by atoms with van der Waals surface area (Å²) in [5.41, 5.74) is 2.14. The van der Waals surface area contributed by atoms with Gasteiger partial charge in [0.2, 0.25) is 0 Å². The Morgan fingerprint density at radius 2 is 1.95 bits per heavy atom. The molecule has 1 aliphatic heterocycles. The lowest BCUT2D eigenvalue weighted by atomic mass is 9.88. The minimum absolute atomic E-state index is 0.131. The van der Waals surface area contributed by atoms with E-state index in [9.17, 15) is 4.79 Å². The molecule has 0 spiro atoms. The molecule has 2 heterocycles. The second-order valence-corrected chi connectivity index (χ2v) is 7.14. The van der Waals surface area contributed by atoms with Crippen molar-refractivity contribution in [2.24, 2.45) is 5.92 Å². The van der Waals surface area contributed by atoms with Crippen LogP contribution in [0.2, 0.25) is 0 Å². The third kappa shape index (κ3) is 2.91. The van der Waals surface area contributed by atoms with Gasteiger partial charge < -0.3 is 4.98 Å². The zero-order valence-electron chi connectivity index (χ0n) is 12.7. The topological polar surface area (TPSA) is 49.0 Å². The molecule has 4 rings (SSSR count). The molecule has 0 saturated heterocycles. The minimum Gasteiger partial charge on any atom is -0.310 e. The van der Waals surface area contributed by atoms with Crippen molar-refractivity contribution < 1.29 is 0 Å². The average Bonchev–Trinajstić information content (AvgIpc) is 3.32. The number of rotatable bonds is 3. The number of aromatic nitrogens is 2. The maximum Gasteiger partial charge on any atom is 0.254 e. The first-order valence-corrected chi connectivity index (χ1v) is 8.64. The summed E-state index contributed by atoms with van der Waals surface area (Å²) in [4.78, 5) is 22.8. The molecule has 3 aliphatic rings. The monoisotopic (exact) mass is 287 g/mol. The van der Waals surface area contributed by atoms with Crippen LogP contribution >= 0.6 is 0 Å². The van der Waals surface area contributed by atoms with E-state index >= 15 is 0 Å². The molecule has 0 atom stereocenters. The standard InChI is InChI=1S/C17H25N3O/c21-17-14-8-9-20(10-12-6-7-12)11-15(14)18-16(19-17)13-4-2-1-3-5-13/h12-13H,1-11H2,(H,18,19,21). The molecule has 114 valence electrons. The second kappa shape index (κ2) is 5.56. The van der Waals surface area contributed by atoms with Crippen molar-refractivity contribution >= 4 is 0 Å². The highest BCUT2D eigenvalue weighted by molar-refractivity contribution is 5.22.